The lowest BCUT2D eigenvalue weighted by molar-refractivity contribution is 0.0694. The van der Waals surface area contributed by atoms with E-state index in [0.717, 1.165) is 61.0 Å². The lowest BCUT2D eigenvalue weighted by Gasteiger charge is -2.39. The predicted molar refractivity (Wildman–Crippen MR) is 169 cm³/mol. The molecule has 1 saturated heterocycles. The maximum Gasteiger partial charge on any atom is 0.339 e. The van der Waals surface area contributed by atoms with Crippen molar-refractivity contribution in [2.24, 2.45) is 10.7 Å². The third kappa shape index (κ3) is 6.28. The van der Waals surface area contributed by atoms with Crippen molar-refractivity contribution in [3.8, 4) is 11.5 Å². The van der Waals surface area contributed by atoms with Crippen molar-refractivity contribution in [1.29, 1.82) is 0 Å². The highest BCUT2D eigenvalue weighted by molar-refractivity contribution is 6.30. The van der Waals surface area contributed by atoms with E-state index < -0.39 is 5.97 Å². The van der Waals surface area contributed by atoms with Crippen LogP contribution in [0.2, 0.25) is 5.02 Å². The number of aromatic carboxylic acids is 1. The van der Waals surface area contributed by atoms with Gasteiger partial charge in [0.15, 0.2) is 5.65 Å². The number of aromatic nitrogens is 2. The van der Waals surface area contributed by atoms with E-state index >= 15 is 0 Å². The number of anilines is 1. The summed E-state index contributed by atoms with van der Waals surface area (Å²) in [6.07, 6.45) is 6.31. The Bertz CT molecular complexity index is 1700. The number of carboxylic acids is 1. The highest BCUT2D eigenvalue weighted by Crippen LogP contribution is 2.43. The summed E-state index contributed by atoms with van der Waals surface area (Å²) in [6.45, 7) is 9.09. The molecule has 222 valence electrons. The van der Waals surface area contributed by atoms with Crippen LogP contribution < -0.4 is 9.64 Å². The molecule has 4 aromatic rings. The number of halogens is 1. The van der Waals surface area contributed by atoms with Gasteiger partial charge < -0.3 is 14.7 Å². The Morgan fingerprint density at radius 3 is 2.56 bits per heavy atom. The van der Waals surface area contributed by atoms with Crippen molar-refractivity contribution in [3.63, 3.8) is 0 Å². The average Bonchev–Trinajstić information content (AvgIpc) is 3.41. The van der Waals surface area contributed by atoms with Crippen LogP contribution in [-0.2, 0) is 0 Å². The van der Waals surface area contributed by atoms with E-state index in [9.17, 15) is 14.8 Å². The number of carboxylic acid groups (broad SMARTS) is 1. The molecular weight excluding hydrogens is 566 g/mol. The maximum absolute atomic E-state index is 12.0. The zero-order valence-corrected chi connectivity index (χ0v) is 25.0. The molecule has 0 amide bonds. The van der Waals surface area contributed by atoms with Gasteiger partial charge in [-0.1, -0.05) is 43.2 Å². The number of nitrogens with zero attached hydrogens (tertiary/aromatic N) is 5. The van der Waals surface area contributed by atoms with Crippen LogP contribution >= 0.6 is 11.6 Å². The Morgan fingerprint density at radius 2 is 1.84 bits per heavy atom. The van der Waals surface area contributed by atoms with Gasteiger partial charge in [0.1, 0.15) is 17.1 Å². The molecular formula is C33H34ClN5O4. The zero-order chi connectivity index (χ0) is 30.1. The van der Waals surface area contributed by atoms with Crippen molar-refractivity contribution in [2.45, 2.75) is 33.1 Å². The topological polar surface area (TPSA) is 100 Å². The molecule has 2 aromatic heterocycles. The van der Waals surface area contributed by atoms with E-state index in [0.29, 0.717) is 16.8 Å². The number of fused-ring (bicyclic) bond motifs is 1. The smallest absolute Gasteiger partial charge is 0.339 e. The maximum atomic E-state index is 12.0. The summed E-state index contributed by atoms with van der Waals surface area (Å²) in [4.78, 5) is 32.0. The van der Waals surface area contributed by atoms with Gasteiger partial charge in [0, 0.05) is 61.1 Å². The minimum Gasteiger partial charge on any atom is -0.478 e. The fourth-order valence-electron chi connectivity index (χ4n) is 6.11. The highest BCUT2D eigenvalue weighted by Gasteiger charge is 2.29. The summed E-state index contributed by atoms with van der Waals surface area (Å²) in [6, 6.07) is 16.9. The van der Waals surface area contributed by atoms with Crippen LogP contribution in [0, 0.1) is 10.3 Å². The Morgan fingerprint density at radius 1 is 1.07 bits per heavy atom. The summed E-state index contributed by atoms with van der Waals surface area (Å²) < 4.78 is 7.17. The minimum atomic E-state index is -1.07. The van der Waals surface area contributed by atoms with E-state index in [4.69, 9.17) is 16.3 Å². The quantitative estimate of drug-likeness (QED) is 0.209. The van der Waals surface area contributed by atoms with Gasteiger partial charge in [-0.15, -0.1) is 4.91 Å². The third-order valence-electron chi connectivity index (χ3n) is 8.52. The second-order valence-corrected chi connectivity index (χ2v) is 12.5. The van der Waals surface area contributed by atoms with Crippen molar-refractivity contribution in [2.75, 3.05) is 37.6 Å². The van der Waals surface area contributed by atoms with Crippen molar-refractivity contribution in [1.82, 2.24) is 14.6 Å². The molecule has 2 aromatic carbocycles. The van der Waals surface area contributed by atoms with Gasteiger partial charge in [-0.05, 0) is 72.2 Å². The standard InChI is InChI=1S/C33H34ClN5O4/c1-33(2)11-9-24(29(19-33)22-3-5-25(34)6-4-22)21-37-13-15-38(16-14-37)26-7-8-28(32(40)41)30(18-26)43-27-17-23-10-12-39(36-42)31(23)35-20-27/h3-8,10,12,17-18,20H,9,11,13-16,19,21H2,1-2H3,(H,40,41). The fraction of sp³-hybridized carbons (Fsp3) is 0.333. The number of hydrogen-bond acceptors (Lipinski definition) is 7. The molecule has 0 spiro atoms. The van der Waals surface area contributed by atoms with Gasteiger partial charge in [0.25, 0.3) is 0 Å². The second-order valence-electron chi connectivity index (χ2n) is 12.1. The monoisotopic (exact) mass is 599 g/mol. The normalized spacial score (nSPS) is 17.3. The molecule has 0 atom stereocenters. The molecule has 9 nitrogen and oxygen atoms in total. The van der Waals surface area contributed by atoms with Crippen LogP contribution in [0.5, 0.6) is 11.5 Å². The minimum absolute atomic E-state index is 0.0662. The van der Waals surface area contributed by atoms with Crippen LogP contribution in [-0.4, -0.2) is 58.4 Å². The molecule has 1 N–H and O–H groups in total. The van der Waals surface area contributed by atoms with Gasteiger partial charge in [-0.25, -0.2) is 9.78 Å². The Balaban J connectivity index is 1.17. The first-order valence-electron chi connectivity index (χ1n) is 14.5. The molecule has 0 unspecified atom stereocenters. The number of nitroso groups, excluding NO2 is 1. The summed E-state index contributed by atoms with van der Waals surface area (Å²) in [5.74, 6) is -0.456. The summed E-state index contributed by atoms with van der Waals surface area (Å²) in [7, 11) is 0. The Hall–Kier alpha value is -4.21. The SMILES string of the molecule is CC1(C)CCC(CN2CCN(c3ccc(C(=O)O)c(Oc4cnc5c(ccn5N=O)c4)c3)CC2)=C(c2ccc(Cl)cc2)C1. The number of allylic oxidation sites excluding steroid dienone is 1. The number of hydrogen-bond donors (Lipinski definition) is 1. The van der Waals surface area contributed by atoms with E-state index in [1.54, 1.807) is 24.3 Å². The van der Waals surface area contributed by atoms with E-state index in [-0.39, 0.29) is 16.7 Å². The number of ether oxygens (including phenoxy) is 1. The molecule has 0 saturated carbocycles. The number of piperazine rings is 1. The molecule has 2 aliphatic rings. The molecule has 6 rings (SSSR count). The van der Waals surface area contributed by atoms with E-state index in [2.05, 4.69) is 46.0 Å². The first-order chi connectivity index (χ1) is 20.7. The molecule has 0 radical (unpaired) electrons. The number of pyridine rings is 1. The molecule has 0 bridgehead atoms. The number of rotatable bonds is 8. The lowest BCUT2D eigenvalue weighted by atomic mass is 9.72. The van der Waals surface area contributed by atoms with Crippen molar-refractivity contribution < 1.29 is 14.6 Å². The molecule has 43 heavy (non-hydrogen) atoms. The van der Waals surface area contributed by atoms with Gasteiger partial charge in [0.2, 0.25) is 0 Å². The summed E-state index contributed by atoms with van der Waals surface area (Å²) >= 11 is 6.18. The average molecular weight is 600 g/mol. The Kier molecular flexibility index (Phi) is 7.94. The van der Waals surface area contributed by atoms with Crippen LogP contribution in [0.25, 0.3) is 16.6 Å². The molecule has 10 heteroatoms. The molecule has 1 aliphatic heterocycles. The van der Waals surface area contributed by atoms with Crippen molar-refractivity contribution >= 4 is 39.9 Å². The lowest BCUT2D eigenvalue weighted by Crippen LogP contribution is -2.47. The Labute approximate surface area is 255 Å². The van der Waals surface area contributed by atoms with E-state index in [1.807, 2.05) is 18.2 Å². The number of carbonyl (C=O) groups is 1. The van der Waals surface area contributed by atoms with Crippen LogP contribution in [0.1, 0.15) is 49.0 Å². The fourth-order valence-corrected chi connectivity index (χ4v) is 6.23. The van der Waals surface area contributed by atoms with Gasteiger partial charge >= 0.3 is 5.97 Å². The summed E-state index contributed by atoms with van der Waals surface area (Å²) in [5.41, 5.74) is 5.89. The summed E-state index contributed by atoms with van der Waals surface area (Å²) in [5, 5.41) is 14.1. The first kappa shape index (κ1) is 28.9. The molecule has 3 heterocycles. The van der Waals surface area contributed by atoms with Gasteiger partial charge in [-0.2, -0.15) is 4.68 Å². The number of benzene rings is 2. The second kappa shape index (κ2) is 11.8. The van der Waals surface area contributed by atoms with Crippen molar-refractivity contribution in [3.05, 3.63) is 93.6 Å². The predicted octanol–water partition coefficient (Wildman–Crippen LogP) is 7.50. The van der Waals surface area contributed by atoms with Gasteiger partial charge in [-0.3, -0.25) is 4.90 Å². The molecule has 1 fully saturated rings. The zero-order valence-electron chi connectivity index (χ0n) is 24.3. The van der Waals surface area contributed by atoms with Gasteiger partial charge in [0.05, 0.1) is 11.5 Å². The third-order valence-corrected chi connectivity index (χ3v) is 8.78. The van der Waals surface area contributed by atoms with Crippen LogP contribution in [0.3, 0.4) is 0 Å². The van der Waals surface area contributed by atoms with Crippen LogP contribution in [0.15, 0.2) is 77.8 Å². The molecule has 1 aliphatic carbocycles. The largest absolute Gasteiger partial charge is 0.478 e. The first-order valence-corrected chi connectivity index (χ1v) is 14.9. The van der Waals surface area contributed by atoms with Crippen LogP contribution in [0.4, 0.5) is 5.69 Å². The van der Waals surface area contributed by atoms with E-state index in [1.165, 1.54) is 35.5 Å². The highest BCUT2D eigenvalue weighted by atomic mass is 35.5.